The quantitative estimate of drug-likeness (QED) is 0.0885. The Kier molecular flexibility index (Phi) is 24.1. The molecule has 0 aliphatic carbocycles. The first kappa shape index (κ1) is 80.3. The second kappa shape index (κ2) is 34.8. The van der Waals surface area contributed by atoms with Gasteiger partial charge in [-0.25, -0.2) is 0 Å². The van der Waals surface area contributed by atoms with Crippen LogP contribution >= 0.6 is 0 Å². The summed E-state index contributed by atoms with van der Waals surface area (Å²) in [5.74, 6) is 0.104. The number of carbonyl (C=O) groups is 1. The molecule has 3 aromatic heterocycles. The van der Waals surface area contributed by atoms with Crippen LogP contribution in [0.5, 0.6) is 0 Å². The molecular formula is C109H86N3O2Pt2-. The number of pyridine rings is 3. The van der Waals surface area contributed by atoms with E-state index in [1.807, 2.05) is 84.4 Å². The van der Waals surface area contributed by atoms with Crippen molar-refractivity contribution in [3.63, 3.8) is 0 Å². The first-order chi connectivity index (χ1) is 55.4. The largest absolute Gasteiger partial charge is 2.00 e. The van der Waals surface area contributed by atoms with E-state index in [4.69, 9.17) is 9.97 Å². The number of allylic oxidation sites excluding steroid dienone is 2. The fourth-order valence-electron chi connectivity index (χ4n) is 15.9. The molecule has 0 saturated carbocycles. The maximum absolute atomic E-state index is 11.5. The molecule has 0 amide bonds. The molecule has 0 aliphatic heterocycles. The van der Waals surface area contributed by atoms with Crippen molar-refractivity contribution >= 4 is 92.0 Å². The molecule has 116 heavy (non-hydrogen) atoms. The number of hydrogen-bond acceptors (Lipinski definition) is 5. The number of nitrogens with zero attached hydrogens (tertiary/aromatic N) is 3. The number of aromatic nitrogens is 3. The molecule has 0 bridgehead atoms. The molecule has 570 valence electrons. The fourth-order valence-corrected chi connectivity index (χ4v) is 15.9. The van der Waals surface area contributed by atoms with Crippen LogP contribution in [-0.4, -0.2) is 25.8 Å². The second-order valence-electron chi connectivity index (χ2n) is 31.3. The van der Waals surface area contributed by atoms with E-state index >= 15 is 0 Å². The monoisotopic (exact) mass is 1860 g/mol. The van der Waals surface area contributed by atoms with Crippen molar-refractivity contribution in [3.05, 3.63) is 393 Å². The molecule has 3 heterocycles. The van der Waals surface area contributed by atoms with Crippen molar-refractivity contribution in [2.75, 3.05) is 0 Å². The summed E-state index contributed by atoms with van der Waals surface area (Å²) in [5.41, 5.74) is 21.1. The molecule has 5 nitrogen and oxygen atoms in total. The van der Waals surface area contributed by atoms with Gasteiger partial charge in [-0.15, -0.1) is 71.3 Å². The van der Waals surface area contributed by atoms with Gasteiger partial charge >= 0.3 is 21.1 Å². The number of aliphatic hydroxyl groups excluding tert-OH is 1. The Hall–Kier alpha value is -12.4. The van der Waals surface area contributed by atoms with E-state index in [-0.39, 0.29) is 59.1 Å². The van der Waals surface area contributed by atoms with Gasteiger partial charge in [-0.05, 0) is 142 Å². The third-order valence-corrected chi connectivity index (χ3v) is 21.6. The summed E-state index contributed by atoms with van der Waals surface area (Å²) >= 11 is 0. The summed E-state index contributed by atoms with van der Waals surface area (Å²) < 4.78 is 0. The molecule has 1 N–H and O–H groups in total. The molecule has 16 aromatic carbocycles. The van der Waals surface area contributed by atoms with Gasteiger partial charge in [0, 0.05) is 67.7 Å². The standard InChI is InChI=1S/2C39H24N.C20H18N.C11H20O2.2Pt/c2*1-3-15-28-26(11-1)13-9-21-30(28)35-23-24-37(33-18-6-5-17-32(33)35)39-36-20-8-7-19-34(36)38(25-40-39)31-22-10-14-27-12-2-4-16-29(27)31;1-14-12-15(2)19(16(3)13-14)18-10-7-11-21-20(18)17-8-5-4-6-9-17;1-10(2,3)8(12)7-9(13)11(4,5)6;;/h2*1-23,25H;4-8,10-13H,1-3H3;7,12H,1-6H3;;/q3*-1;;;+2. The third-order valence-electron chi connectivity index (χ3n) is 21.6. The smallest absolute Gasteiger partial charge is 0.512 e. The molecule has 0 radical (unpaired) electrons. The van der Waals surface area contributed by atoms with Crippen LogP contribution in [0.1, 0.15) is 58.2 Å². The number of ketones is 1. The number of aliphatic hydroxyl groups is 1. The Bertz CT molecular complexity index is 6220. The number of hydrogen-bond donors (Lipinski definition) is 1. The molecular weight excluding hydrogens is 1770 g/mol. The Morgan fingerprint density at radius 1 is 0.328 bits per heavy atom. The van der Waals surface area contributed by atoms with Gasteiger partial charge in [-0.3, -0.25) is 4.79 Å². The topological polar surface area (TPSA) is 76.0 Å². The molecule has 0 fully saturated rings. The van der Waals surface area contributed by atoms with E-state index in [0.717, 1.165) is 66.4 Å². The minimum atomic E-state index is -0.417. The minimum Gasteiger partial charge on any atom is -0.512 e. The normalized spacial score (nSPS) is 11.5. The molecule has 0 aliphatic rings. The van der Waals surface area contributed by atoms with E-state index in [1.54, 1.807) is 0 Å². The van der Waals surface area contributed by atoms with Gasteiger partial charge in [-0.1, -0.05) is 376 Å². The fraction of sp³-hybridized carbons (Fsp3) is 0.101. The van der Waals surface area contributed by atoms with Gasteiger partial charge in [0.05, 0.1) is 0 Å². The summed E-state index contributed by atoms with van der Waals surface area (Å²) in [4.78, 5) is 26.3. The first-order valence-electron chi connectivity index (χ1n) is 39.0. The summed E-state index contributed by atoms with van der Waals surface area (Å²) in [7, 11) is 0. The van der Waals surface area contributed by atoms with E-state index in [0.29, 0.717) is 0 Å². The molecule has 0 atom stereocenters. The summed E-state index contributed by atoms with van der Waals surface area (Å²) in [6.45, 7) is 17.6. The van der Waals surface area contributed by atoms with Crippen molar-refractivity contribution < 1.29 is 52.0 Å². The second-order valence-corrected chi connectivity index (χ2v) is 31.3. The maximum Gasteiger partial charge on any atom is 2.00 e. The van der Waals surface area contributed by atoms with Crippen LogP contribution in [0.2, 0.25) is 0 Å². The van der Waals surface area contributed by atoms with Crippen molar-refractivity contribution in [2.45, 2.75) is 62.3 Å². The Balaban J connectivity index is 0.000000137. The van der Waals surface area contributed by atoms with Crippen LogP contribution in [-0.2, 0) is 46.9 Å². The molecule has 0 saturated heterocycles. The Labute approximate surface area is 708 Å². The van der Waals surface area contributed by atoms with Gasteiger partial charge < -0.3 is 20.1 Å². The van der Waals surface area contributed by atoms with Crippen molar-refractivity contribution in [3.8, 4) is 89.4 Å². The molecule has 7 heteroatoms. The number of benzene rings is 16. The van der Waals surface area contributed by atoms with Gasteiger partial charge in [0.15, 0.2) is 5.78 Å². The van der Waals surface area contributed by atoms with E-state index in [2.05, 4.69) is 347 Å². The number of carbonyl (C=O) groups excluding carboxylic acids is 1. The average Bonchev–Trinajstić information content (AvgIpc) is 0.750. The van der Waals surface area contributed by atoms with Crippen molar-refractivity contribution in [1.82, 2.24) is 15.0 Å². The van der Waals surface area contributed by atoms with E-state index in [1.165, 1.54) is 132 Å². The SMILES string of the molecule is CC(C)(C)C(=O)C=C(O)C(C)(C)C.Cc1cc(C)c(-c2cccnc2-c2[c-]cccc2)c(C)c1.[Pt+2].[Pt].[c-]1cc(-c2cccc3ccccc23)c2ccccc2c1-c1ncc(-c2cccc3ccccc23)c2ccccc12.[c-]1cc(-c2cccc3ccccc23)c2ccccc2c1-c1ncc(-c2cccc3ccccc23)c2ccccc12. The predicted molar refractivity (Wildman–Crippen MR) is 482 cm³/mol. The van der Waals surface area contributed by atoms with Crippen molar-refractivity contribution in [1.29, 1.82) is 0 Å². The molecule has 19 aromatic rings. The third kappa shape index (κ3) is 16.4. The number of rotatable bonds is 9. The Morgan fingerprint density at radius 2 is 0.655 bits per heavy atom. The maximum atomic E-state index is 11.5. The summed E-state index contributed by atoms with van der Waals surface area (Å²) in [5, 5.41) is 28.9. The average molecular weight is 1860 g/mol. The summed E-state index contributed by atoms with van der Waals surface area (Å²) in [6.07, 6.45) is 7.26. The van der Waals surface area contributed by atoms with Crippen LogP contribution in [0.25, 0.3) is 176 Å². The van der Waals surface area contributed by atoms with Gasteiger partial charge in [0.1, 0.15) is 5.76 Å². The molecule has 0 spiro atoms. The molecule has 0 unspecified atom stereocenters. The van der Waals surface area contributed by atoms with Gasteiger partial charge in [0.2, 0.25) is 0 Å². The van der Waals surface area contributed by atoms with Crippen LogP contribution in [0.15, 0.2) is 358 Å². The van der Waals surface area contributed by atoms with Crippen LogP contribution in [0.4, 0.5) is 0 Å². The zero-order chi connectivity index (χ0) is 78.6. The van der Waals surface area contributed by atoms with Crippen LogP contribution in [0, 0.1) is 49.8 Å². The van der Waals surface area contributed by atoms with Gasteiger partial charge in [0.25, 0.3) is 0 Å². The minimum absolute atomic E-state index is 0. The number of fused-ring (bicyclic) bond motifs is 8. The number of aryl methyl sites for hydroxylation is 3. The first-order valence-corrected chi connectivity index (χ1v) is 39.0. The van der Waals surface area contributed by atoms with Crippen molar-refractivity contribution in [2.24, 2.45) is 10.8 Å². The zero-order valence-corrected chi connectivity index (χ0v) is 70.9. The van der Waals surface area contributed by atoms with Gasteiger partial charge in [-0.2, -0.15) is 0 Å². The zero-order valence-electron chi connectivity index (χ0n) is 66.3. The summed E-state index contributed by atoms with van der Waals surface area (Å²) in [6, 6.07) is 126. The molecule has 19 rings (SSSR count). The van der Waals surface area contributed by atoms with E-state index < -0.39 is 5.41 Å². The Morgan fingerprint density at radius 3 is 1.03 bits per heavy atom. The van der Waals surface area contributed by atoms with Crippen LogP contribution in [0.3, 0.4) is 0 Å². The predicted octanol–water partition coefficient (Wildman–Crippen LogP) is 29.2. The van der Waals surface area contributed by atoms with E-state index in [9.17, 15) is 9.90 Å². The van der Waals surface area contributed by atoms with Crippen LogP contribution < -0.4 is 0 Å².